The number of anilines is 2. The Morgan fingerprint density at radius 2 is 0.542 bits per heavy atom. The van der Waals surface area contributed by atoms with Gasteiger partial charge in [0, 0.05) is 73.6 Å². The summed E-state index contributed by atoms with van der Waals surface area (Å²) in [5, 5.41) is 0.600. The van der Waals surface area contributed by atoms with Crippen LogP contribution in [0, 0.1) is 52.4 Å². The molecule has 14 aromatic rings. The SMILES string of the molecule is CN(C)CCC(c1cccc(F)c1)c1cccc(F)c1.COc1ccccc1OC(CCN)c1cccc(F)c1.NCCC(Oc1cccc(Cl)c1)c1cccc(F)c1.NCCC(Oc1cccc(F)c1)c1cccc(F)c1.NCCC(Oc1ccccc1)c1cccc(F)c1.NCCC(Oc1ccccc1F)c1cccc(F)c1.NCCN(c1ccccc1)c1ccccc1. The Labute approximate surface area is 768 Å². The highest BCUT2D eigenvalue weighted by Gasteiger charge is 2.22. The molecule has 14 rings (SSSR count). The number of nitrogens with zero attached hydrogens (tertiary/aromatic N) is 2. The Balaban J connectivity index is 0.000000189. The van der Waals surface area contributed by atoms with E-state index in [2.05, 4.69) is 34.1 Å². The molecule has 0 amide bonds. The summed E-state index contributed by atoms with van der Waals surface area (Å²) in [6.45, 7) is 4.51. The average Bonchev–Trinajstić information content (AvgIpc) is 0.829. The van der Waals surface area contributed by atoms with Gasteiger partial charge in [0.15, 0.2) is 23.1 Å². The van der Waals surface area contributed by atoms with E-state index in [1.807, 2.05) is 148 Å². The monoisotopic (exact) mass is 1810 g/mol. The van der Waals surface area contributed by atoms with E-state index >= 15 is 0 Å². The Morgan fingerprint density at radius 1 is 0.260 bits per heavy atom. The molecular formula is C107H114ClF9N8O6. The molecule has 0 aliphatic heterocycles. The summed E-state index contributed by atoms with van der Waals surface area (Å²) in [6.07, 6.45) is 2.05. The van der Waals surface area contributed by atoms with E-state index < -0.39 is 11.9 Å². The summed E-state index contributed by atoms with van der Waals surface area (Å²) in [6, 6.07) is 101. The van der Waals surface area contributed by atoms with Crippen LogP contribution in [0.5, 0.6) is 34.5 Å². The number of ether oxygens (including phenoxy) is 6. The number of hydrogen-bond donors (Lipinski definition) is 6. The quantitative estimate of drug-likeness (QED) is 0.0204. The van der Waals surface area contributed by atoms with E-state index in [9.17, 15) is 39.5 Å². The fraction of sp³-hybridized carbons (Fsp3) is 0.215. The van der Waals surface area contributed by atoms with Crippen molar-refractivity contribution in [1.82, 2.24) is 4.90 Å². The highest BCUT2D eigenvalue weighted by atomic mass is 35.5. The lowest BCUT2D eigenvalue weighted by atomic mass is 9.88. The maximum absolute atomic E-state index is 13.6. The van der Waals surface area contributed by atoms with E-state index in [-0.39, 0.29) is 82.6 Å². The van der Waals surface area contributed by atoms with Gasteiger partial charge in [0.1, 0.15) is 94.3 Å². The molecule has 5 atom stereocenters. The number of halogens is 10. The molecule has 0 spiro atoms. The zero-order valence-electron chi connectivity index (χ0n) is 73.5. The molecule has 688 valence electrons. The Kier molecular flexibility index (Phi) is 45.7. The molecule has 0 heterocycles. The van der Waals surface area contributed by atoms with E-state index in [1.54, 1.807) is 98.1 Å². The van der Waals surface area contributed by atoms with Crippen LogP contribution in [0.1, 0.15) is 114 Å². The molecule has 0 saturated carbocycles. The van der Waals surface area contributed by atoms with Crippen LogP contribution in [-0.4, -0.2) is 78.5 Å². The highest BCUT2D eigenvalue weighted by molar-refractivity contribution is 6.30. The van der Waals surface area contributed by atoms with Crippen LogP contribution in [0.15, 0.2) is 358 Å². The summed E-state index contributed by atoms with van der Waals surface area (Å²) >= 11 is 5.91. The minimum atomic E-state index is -0.461. The third-order valence-corrected chi connectivity index (χ3v) is 20.0. The maximum atomic E-state index is 13.6. The molecule has 0 fully saturated rings. The normalized spacial score (nSPS) is 11.7. The second-order valence-corrected chi connectivity index (χ2v) is 30.3. The van der Waals surface area contributed by atoms with Crippen molar-refractivity contribution in [3.05, 3.63) is 454 Å². The summed E-state index contributed by atoms with van der Waals surface area (Å²) in [5.41, 5.74) is 41.3. The molecule has 0 aromatic heterocycles. The van der Waals surface area contributed by atoms with E-state index in [0.29, 0.717) is 111 Å². The summed E-state index contributed by atoms with van der Waals surface area (Å²) in [4.78, 5) is 4.30. The van der Waals surface area contributed by atoms with Gasteiger partial charge in [-0.05, 0) is 275 Å². The first-order valence-electron chi connectivity index (χ1n) is 42.9. The van der Waals surface area contributed by atoms with Gasteiger partial charge in [0.05, 0.1) is 7.11 Å². The number of hydrogen-bond acceptors (Lipinski definition) is 14. The van der Waals surface area contributed by atoms with Crippen LogP contribution < -0.4 is 67.7 Å². The van der Waals surface area contributed by atoms with Crippen molar-refractivity contribution in [1.29, 1.82) is 0 Å². The molecule has 0 saturated heterocycles. The van der Waals surface area contributed by atoms with Gasteiger partial charge in [-0.25, -0.2) is 39.5 Å². The first kappa shape index (κ1) is 103. The van der Waals surface area contributed by atoms with Crippen molar-refractivity contribution in [2.75, 3.05) is 78.5 Å². The second kappa shape index (κ2) is 57.9. The number of rotatable bonds is 35. The molecule has 24 heteroatoms. The van der Waals surface area contributed by atoms with Crippen molar-refractivity contribution in [3.8, 4) is 34.5 Å². The molecule has 0 aliphatic carbocycles. The van der Waals surface area contributed by atoms with Crippen LogP contribution >= 0.6 is 11.6 Å². The molecule has 0 radical (unpaired) electrons. The van der Waals surface area contributed by atoms with Gasteiger partial charge in [-0.3, -0.25) is 0 Å². The summed E-state index contributed by atoms with van der Waals surface area (Å²) in [7, 11) is 5.57. The Morgan fingerprint density at radius 3 is 0.878 bits per heavy atom. The molecule has 14 aromatic carbocycles. The van der Waals surface area contributed by atoms with Gasteiger partial charge in [0.2, 0.25) is 0 Å². The van der Waals surface area contributed by atoms with Gasteiger partial charge in [0.25, 0.3) is 0 Å². The van der Waals surface area contributed by atoms with Crippen molar-refractivity contribution in [2.45, 2.75) is 75.0 Å². The van der Waals surface area contributed by atoms with Gasteiger partial charge in [-0.15, -0.1) is 0 Å². The zero-order chi connectivity index (χ0) is 93.9. The lowest BCUT2D eigenvalue weighted by Gasteiger charge is -2.24. The van der Waals surface area contributed by atoms with E-state index in [1.165, 1.54) is 121 Å². The predicted molar refractivity (Wildman–Crippen MR) is 508 cm³/mol. The molecule has 14 nitrogen and oxygen atoms in total. The summed E-state index contributed by atoms with van der Waals surface area (Å²) < 4.78 is 154. The largest absolute Gasteiger partial charge is 0.493 e. The third-order valence-electron chi connectivity index (χ3n) is 19.7. The molecule has 12 N–H and O–H groups in total. The smallest absolute Gasteiger partial charge is 0.165 e. The number of para-hydroxylation sites is 6. The van der Waals surface area contributed by atoms with Crippen LogP contribution in [0.4, 0.5) is 50.9 Å². The van der Waals surface area contributed by atoms with Crippen molar-refractivity contribution in [3.63, 3.8) is 0 Å². The first-order chi connectivity index (χ1) is 63.6. The van der Waals surface area contributed by atoms with E-state index in [4.69, 9.17) is 74.4 Å². The van der Waals surface area contributed by atoms with Gasteiger partial charge >= 0.3 is 0 Å². The number of methoxy groups -OCH3 is 1. The second-order valence-electron chi connectivity index (χ2n) is 29.9. The topological polar surface area (TPSA) is 218 Å². The van der Waals surface area contributed by atoms with Crippen molar-refractivity contribution < 1.29 is 67.9 Å². The maximum Gasteiger partial charge on any atom is 0.165 e. The number of nitrogens with two attached hydrogens (primary N) is 6. The molecule has 0 aliphatic rings. The fourth-order valence-corrected chi connectivity index (χ4v) is 13.7. The minimum Gasteiger partial charge on any atom is -0.493 e. The number of benzene rings is 14. The van der Waals surface area contributed by atoms with Crippen LogP contribution in [0.2, 0.25) is 5.02 Å². The van der Waals surface area contributed by atoms with Gasteiger partial charge in [-0.1, -0.05) is 188 Å². The van der Waals surface area contributed by atoms with Gasteiger partial charge in [-0.2, -0.15) is 0 Å². The minimum absolute atomic E-state index is 0.00352. The van der Waals surface area contributed by atoms with Crippen LogP contribution in [-0.2, 0) is 0 Å². The standard InChI is InChI=1S/C17H19F2N.C16H18FNO2.C15H15ClFNO.2C15H15F2NO.C15H16FNO.C14H16N2/c1-20(2)10-9-17(13-5-3-7-15(18)11-13)14-6-4-8-16(19)12-14;1-19-15-7-2-3-8-16(15)20-14(9-10-18)12-5-4-6-13(17)11-12;16-12-4-2-6-14(10-12)19-15(7-8-18)11-3-1-5-13(17)9-11;16-12-4-1-3-11(9-12)15(7-8-18)19-14-6-2-5-13(17)10-14;16-12-5-3-4-11(10-12)14(8-9-18)19-15-7-2-1-6-13(15)17;16-13-6-4-5-12(11-13)15(9-10-17)18-14-7-2-1-3-8-14;15-11-12-16(13-7-3-1-4-8-13)14-9-5-2-6-10-14/h3-8,11-12,17H,9-10H2,1-2H3;2-8,11,14H,9-10,18H2,1H3;2*1-6,9-10,15H,7-8,18H2;1-7,10,14H,8-9,18H2;1-8,11,15H,9-10,17H2;1-10H,11-12,15H2. The fourth-order valence-electron chi connectivity index (χ4n) is 13.5. The van der Waals surface area contributed by atoms with Crippen LogP contribution in [0.25, 0.3) is 0 Å². The predicted octanol–water partition coefficient (Wildman–Crippen LogP) is 24.2. The molecule has 5 unspecified atom stereocenters. The third kappa shape index (κ3) is 37.2. The zero-order valence-corrected chi connectivity index (χ0v) is 74.3. The summed E-state index contributed by atoms with van der Waals surface area (Å²) in [5.74, 6) is 0.398. The van der Waals surface area contributed by atoms with Gasteiger partial charge < -0.3 is 72.6 Å². The van der Waals surface area contributed by atoms with Crippen LogP contribution in [0.3, 0.4) is 0 Å². The molecule has 0 bridgehead atoms. The lowest BCUT2D eigenvalue weighted by molar-refractivity contribution is 0.188. The highest BCUT2D eigenvalue weighted by Crippen LogP contribution is 2.36. The molecular weight excluding hydrogens is 1700 g/mol. The van der Waals surface area contributed by atoms with E-state index in [0.717, 1.165) is 53.1 Å². The Bertz CT molecular complexity index is 5390. The average molecular weight is 1810 g/mol. The first-order valence-corrected chi connectivity index (χ1v) is 43.3. The molecule has 131 heavy (non-hydrogen) atoms. The van der Waals surface area contributed by atoms with Crippen molar-refractivity contribution in [2.24, 2.45) is 34.4 Å². The van der Waals surface area contributed by atoms with Crippen molar-refractivity contribution >= 4 is 23.0 Å². The Hall–Kier alpha value is -12.9. The lowest BCUT2D eigenvalue weighted by Crippen LogP contribution is -2.24.